The molecule has 0 amide bonds. The summed E-state index contributed by atoms with van der Waals surface area (Å²) < 4.78 is 59.4. The fourth-order valence-electron chi connectivity index (χ4n) is 1.41. The summed E-state index contributed by atoms with van der Waals surface area (Å²) in [5.74, 6) is 0. The van der Waals surface area contributed by atoms with E-state index in [1.165, 1.54) is 19.1 Å². The van der Waals surface area contributed by atoms with Crippen molar-refractivity contribution in [2.24, 2.45) is 0 Å². The van der Waals surface area contributed by atoms with Crippen LogP contribution in [0.2, 0.25) is 0 Å². The van der Waals surface area contributed by atoms with Crippen molar-refractivity contribution in [3.63, 3.8) is 0 Å². The number of rotatable bonds is 2. The summed E-state index contributed by atoms with van der Waals surface area (Å²) in [4.78, 5) is 0.305. The van der Waals surface area contributed by atoms with E-state index in [0.717, 1.165) is 17.5 Å². The number of nitrogens with zero attached hydrogens (tertiary/aromatic N) is 2. The van der Waals surface area contributed by atoms with Crippen LogP contribution in [0.3, 0.4) is 0 Å². The molecule has 19 heavy (non-hydrogen) atoms. The maximum atomic E-state index is 12.5. The van der Waals surface area contributed by atoms with Gasteiger partial charge in [-0.3, -0.25) is 0 Å². The van der Waals surface area contributed by atoms with E-state index in [0.29, 0.717) is 4.88 Å². The zero-order chi connectivity index (χ0) is 14.4. The van der Waals surface area contributed by atoms with Gasteiger partial charge in [-0.25, -0.2) is 8.42 Å². The molecular weight excluding hydrogens is 325 g/mol. The van der Waals surface area contributed by atoms with Crippen molar-refractivity contribution in [3.05, 3.63) is 23.9 Å². The first kappa shape index (κ1) is 14.4. The molecule has 0 aromatic carbocycles. The van der Waals surface area contributed by atoms with Crippen LogP contribution in [0.25, 0.3) is 10.6 Å². The summed E-state index contributed by atoms with van der Waals surface area (Å²) in [7, 11) is 1.26. The van der Waals surface area contributed by atoms with E-state index in [1.54, 1.807) is 0 Å². The predicted molar refractivity (Wildman–Crippen MR) is 64.6 cm³/mol. The summed E-state index contributed by atoms with van der Waals surface area (Å²) >= 11 is 0.768. The maximum absolute atomic E-state index is 12.5. The Balaban J connectivity index is 2.49. The van der Waals surface area contributed by atoms with Crippen LogP contribution in [0.1, 0.15) is 5.56 Å². The lowest BCUT2D eigenvalue weighted by Crippen LogP contribution is -2.16. The van der Waals surface area contributed by atoms with Crippen LogP contribution in [0.15, 0.2) is 22.5 Å². The highest BCUT2D eigenvalue weighted by molar-refractivity contribution is 8.15. The average Bonchev–Trinajstić information content (AvgIpc) is 2.80. The van der Waals surface area contributed by atoms with Crippen molar-refractivity contribution in [1.29, 1.82) is 0 Å². The molecule has 0 saturated heterocycles. The molecule has 2 aromatic heterocycles. The molecule has 0 aliphatic rings. The maximum Gasteiger partial charge on any atom is 0.504 e. The van der Waals surface area contributed by atoms with Crippen molar-refractivity contribution in [1.82, 2.24) is 9.78 Å². The van der Waals surface area contributed by atoms with Crippen LogP contribution in [0.5, 0.6) is 0 Å². The van der Waals surface area contributed by atoms with Crippen LogP contribution >= 0.6 is 22.0 Å². The summed E-state index contributed by atoms with van der Waals surface area (Å²) in [5, 5.41) is 3.41. The van der Waals surface area contributed by atoms with E-state index in [9.17, 15) is 21.6 Å². The van der Waals surface area contributed by atoms with Gasteiger partial charge in [0.05, 0.1) is 4.88 Å². The molecule has 4 nitrogen and oxygen atoms in total. The number of hydrogen-bond donors (Lipinski definition) is 0. The molecule has 10 heteroatoms. The third-order valence-electron chi connectivity index (χ3n) is 2.21. The first-order chi connectivity index (χ1) is 8.59. The number of thiophene rings is 1. The smallest absolute Gasteiger partial charge is 0.206 e. The van der Waals surface area contributed by atoms with Crippen LogP contribution in [-0.2, 0) is 15.4 Å². The molecule has 0 aliphatic heterocycles. The van der Waals surface area contributed by atoms with Gasteiger partial charge in [0.15, 0.2) is 0 Å². The normalized spacial score (nSPS) is 12.9. The monoisotopic (exact) mass is 330 g/mol. The first-order valence-corrected chi connectivity index (χ1v) is 7.90. The molecule has 0 atom stereocenters. The van der Waals surface area contributed by atoms with Crippen molar-refractivity contribution in [2.75, 3.05) is 0 Å². The standard InChI is InChI=1S/C9H6ClF3N2O2S2/c1-5-4-15(9(11,12)13)14-8(5)6-2-3-7(18-6)19(10,16)17/h2-4H,1H3. The minimum Gasteiger partial charge on any atom is -0.206 e. The minimum atomic E-state index is -4.61. The van der Waals surface area contributed by atoms with Crippen molar-refractivity contribution in [3.8, 4) is 10.6 Å². The number of halogens is 4. The number of alkyl halides is 3. The highest BCUT2D eigenvalue weighted by Crippen LogP contribution is 2.34. The Hall–Kier alpha value is -1.06. The molecule has 0 fully saturated rings. The van der Waals surface area contributed by atoms with Gasteiger partial charge in [-0.15, -0.1) is 24.5 Å². The molecule has 2 rings (SSSR count). The molecule has 0 saturated carbocycles. The lowest BCUT2D eigenvalue weighted by Gasteiger charge is -2.03. The quantitative estimate of drug-likeness (QED) is 0.794. The highest BCUT2D eigenvalue weighted by atomic mass is 35.7. The van der Waals surface area contributed by atoms with Crippen LogP contribution in [0, 0.1) is 6.92 Å². The summed E-state index contributed by atoms with van der Waals surface area (Å²) in [6, 6.07) is 2.60. The lowest BCUT2D eigenvalue weighted by molar-refractivity contribution is -0.212. The molecule has 0 aliphatic carbocycles. The van der Waals surface area contributed by atoms with Gasteiger partial charge < -0.3 is 0 Å². The Morgan fingerprint density at radius 1 is 1.37 bits per heavy atom. The Bertz CT molecular complexity index is 718. The van der Waals surface area contributed by atoms with Gasteiger partial charge in [0.2, 0.25) is 0 Å². The summed E-state index contributed by atoms with van der Waals surface area (Å²) in [5.41, 5.74) is 0.367. The highest BCUT2D eigenvalue weighted by Gasteiger charge is 2.32. The summed E-state index contributed by atoms with van der Waals surface area (Å²) in [6.07, 6.45) is -3.77. The Morgan fingerprint density at radius 3 is 2.42 bits per heavy atom. The SMILES string of the molecule is Cc1cn(C(F)(F)F)nc1-c1ccc(S(=O)(=O)Cl)s1. The molecule has 0 unspecified atom stereocenters. The van der Waals surface area contributed by atoms with Crippen LogP contribution in [-0.4, -0.2) is 18.2 Å². The second-order valence-corrected chi connectivity index (χ2v) is 7.51. The first-order valence-electron chi connectivity index (χ1n) is 4.77. The number of aromatic nitrogens is 2. The molecule has 2 aromatic rings. The summed E-state index contributed by atoms with van der Waals surface area (Å²) in [6.45, 7) is 1.46. The fourth-order valence-corrected chi connectivity index (χ4v) is 3.54. The second-order valence-electron chi connectivity index (χ2n) is 3.63. The predicted octanol–water partition coefficient (Wildman–Crippen LogP) is 3.32. The zero-order valence-electron chi connectivity index (χ0n) is 9.27. The van der Waals surface area contributed by atoms with Gasteiger partial charge in [0.25, 0.3) is 9.05 Å². The Morgan fingerprint density at radius 2 is 2.00 bits per heavy atom. The topological polar surface area (TPSA) is 52.0 Å². The molecule has 0 radical (unpaired) electrons. The molecule has 0 bridgehead atoms. The van der Waals surface area contributed by atoms with Gasteiger partial charge in [0, 0.05) is 16.9 Å². The van der Waals surface area contributed by atoms with Gasteiger partial charge in [0.1, 0.15) is 9.90 Å². The second kappa shape index (κ2) is 4.50. The van der Waals surface area contributed by atoms with E-state index in [2.05, 4.69) is 5.10 Å². The van der Waals surface area contributed by atoms with E-state index < -0.39 is 15.4 Å². The van der Waals surface area contributed by atoms with Crippen molar-refractivity contribution < 1.29 is 21.6 Å². The molecule has 0 N–H and O–H groups in total. The number of hydrogen-bond acceptors (Lipinski definition) is 4. The van der Waals surface area contributed by atoms with Crippen LogP contribution in [0.4, 0.5) is 13.2 Å². The Labute approximate surface area is 114 Å². The Kier molecular flexibility index (Phi) is 3.40. The third kappa shape index (κ3) is 2.93. The van der Waals surface area contributed by atoms with Crippen LogP contribution < -0.4 is 0 Å². The fraction of sp³-hybridized carbons (Fsp3) is 0.222. The van der Waals surface area contributed by atoms with Gasteiger partial charge >= 0.3 is 6.30 Å². The van der Waals surface area contributed by atoms with E-state index in [-0.39, 0.29) is 20.1 Å². The minimum absolute atomic E-state index is 0.0777. The average molecular weight is 331 g/mol. The van der Waals surface area contributed by atoms with Crippen molar-refractivity contribution >= 4 is 31.1 Å². The third-order valence-corrected chi connectivity index (χ3v) is 5.40. The molecular formula is C9H6ClF3N2O2S2. The van der Waals surface area contributed by atoms with Crippen molar-refractivity contribution in [2.45, 2.75) is 17.4 Å². The number of aryl methyl sites for hydroxylation is 1. The van der Waals surface area contributed by atoms with Gasteiger partial charge in [-0.1, -0.05) is 0 Å². The van der Waals surface area contributed by atoms with Gasteiger partial charge in [-0.2, -0.15) is 9.78 Å². The zero-order valence-corrected chi connectivity index (χ0v) is 11.7. The molecule has 2 heterocycles. The molecule has 104 valence electrons. The van der Waals surface area contributed by atoms with E-state index in [4.69, 9.17) is 10.7 Å². The van der Waals surface area contributed by atoms with Gasteiger partial charge in [-0.05, 0) is 24.6 Å². The molecule has 0 spiro atoms. The van der Waals surface area contributed by atoms with E-state index in [1.807, 2.05) is 0 Å². The van der Waals surface area contributed by atoms with E-state index >= 15 is 0 Å². The lowest BCUT2D eigenvalue weighted by atomic mass is 10.2. The largest absolute Gasteiger partial charge is 0.504 e.